The quantitative estimate of drug-likeness (QED) is 0.387. The van der Waals surface area contributed by atoms with Crippen LogP contribution in [-0.4, -0.2) is 59.2 Å². The number of nitrogen functional groups attached to an aromatic ring is 1. The lowest BCUT2D eigenvalue weighted by Crippen LogP contribution is -2.32. The van der Waals surface area contributed by atoms with Crippen LogP contribution in [0.3, 0.4) is 0 Å². The maximum atomic E-state index is 11.0. The minimum atomic E-state index is -0.456. The minimum Gasteiger partial charge on any atom is -0.395 e. The summed E-state index contributed by atoms with van der Waals surface area (Å²) >= 11 is 0. The molecule has 0 bridgehead atoms. The van der Waals surface area contributed by atoms with E-state index in [9.17, 15) is 10.1 Å². The van der Waals surface area contributed by atoms with Gasteiger partial charge in [-0.25, -0.2) is 10.8 Å². The molecule has 1 fully saturated rings. The topological polar surface area (TPSA) is 121 Å². The Labute approximate surface area is 122 Å². The van der Waals surface area contributed by atoms with Crippen LogP contribution in [0.4, 0.5) is 17.3 Å². The number of pyridine rings is 1. The van der Waals surface area contributed by atoms with Crippen LogP contribution >= 0.6 is 0 Å². The van der Waals surface area contributed by atoms with Crippen molar-refractivity contribution in [1.29, 1.82) is 0 Å². The highest BCUT2D eigenvalue weighted by Gasteiger charge is 2.19. The van der Waals surface area contributed by atoms with Crippen LogP contribution in [0.15, 0.2) is 12.1 Å². The van der Waals surface area contributed by atoms with Crippen LogP contribution < -0.4 is 16.2 Å². The van der Waals surface area contributed by atoms with Crippen molar-refractivity contribution in [3.05, 3.63) is 22.2 Å². The van der Waals surface area contributed by atoms with E-state index in [1.165, 1.54) is 12.1 Å². The molecule has 0 aliphatic carbocycles. The molecule has 116 valence electrons. The first-order chi connectivity index (χ1) is 10.1. The Kier molecular flexibility index (Phi) is 5.26. The minimum absolute atomic E-state index is 0.0376. The predicted molar refractivity (Wildman–Crippen MR) is 79.1 cm³/mol. The van der Waals surface area contributed by atoms with Gasteiger partial charge in [0.2, 0.25) is 0 Å². The summed E-state index contributed by atoms with van der Waals surface area (Å²) in [5, 5.41) is 20.0. The number of nitrogens with zero attached hydrogens (tertiary/aromatic N) is 4. The number of β-amino-alcohol motifs (C(OH)–C–C–N with tert-alkyl or cyclic N) is 1. The van der Waals surface area contributed by atoms with E-state index in [4.69, 9.17) is 10.9 Å². The second kappa shape index (κ2) is 7.16. The standard InChI is InChI=1S/C12H20N6O3/c13-15-11-8-10(18(20)21)9-12(14-11)17-3-1-2-16(4-5-17)6-7-19/h8-9,19H,1-7,13H2,(H,14,15). The fraction of sp³-hybridized carbons (Fsp3) is 0.583. The third kappa shape index (κ3) is 4.00. The van der Waals surface area contributed by atoms with Crippen molar-refractivity contribution < 1.29 is 10.0 Å². The Hall–Kier alpha value is -1.97. The summed E-state index contributed by atoms with van der Waals surface area (Å²) in [4.78, 5) is 19.0. The van der Waals surface area contributed by atoms with Gasteiger partial charge in [0.1, 0.15) is 11.6 Å². The highest BCUT2D eigenvalue weighted by atomic mass is 16.6. The molecule has 2 rings (SSSR count). The molecule has 1 saturated heterocycles. The second-order valence-electron chi connectivity index (χ2n) is 4.88. The maximum Gasteiger partial charge on any atom is 0.276 e. The van der Waals surface area contributed by atoms with Crippen LogP contribution in [0.2, 0.25) is 0 Å². The number of aliphatic hydroxyl groups is 1. The van der Waals surface area contributed by atoms with E-state index in [2.05, 4.69) is 15.3 Å². The Bertz CT molecular complexity index is 498. The van der Waals surface area contributed by atoms with Gasteiger partial charge in [0, 0.05) is 26.2 Å². The number of aliphatic hydroxyl groups excluding tert-OH is 1. The predicted octanol–water partition coefficient (Wildman–Crippen LogP) is -0.220. The summed E-state index contributed by atoms with van der Waals surface area (Å²) in [6, 6.07) is 2.77. The summed E-state index contributed by atoms with van der Waals surface area (Å²) in [5.74, 6) is 6.14. The van der Waals surface area contributed by atoms with Gasteiger partial charge in [0.15, 0.2) is 0 Å². The van der Waals surface area contributed by atoms with E-state index in [0.29, 0.717) is 18.9 Å². The Morgan fingerprint density at radius 3 is 2.86 bits per heavy atom. The average molecular weight is 296 g/mol. The largest absolute Gasteiger partial charge is 0.395 e. The van der Waals surface area contributed by atoms with E-state index in [-0.39, 0.29) is 18.1 Å². The van der Waals surface area contributed by atoms with E-state index < -0.39 is 4.92 Å². The molecule has 1 aliphatic rings. The number of nitro groups is 1. The lowest BCUT2D eigenvalue weighted by molar-refractivity contribution is -0.384. The number of hydrazine groups is 1. The first-order valence-electron chi connectivity index (χ1n) is 6.85. The SMILES string of the molecule is NNc1cc([N+](=O)[O-])cc(N2CCCN(CCO)CC2)n1. The molecular formula is C12H20N6O3. The summed E-state index contributed by atoms with van der Waals surface area (Å²) in [5.41, 5.74) is 2.32. The molecule has 0 amide bonds. The smallest absolute Gasteiger partial charge is 0.276 e. The number of nitrogens with two attached hydrogens (primary N) is 1. The highest BCUT2D eigenvalue weighted by molar-refractivity contribution is 5.55. The fourth-order valence-electron chi connectivity index (χ4n) is 2.41. The van der Waals surface area contributed by atoms with Crippen molar-refractivity contribution in [2.45, 2.75) is 6.42 Å². The normalized spacial score (nSPS) is 16.6. The van der Waals surface area contributed by atoms with Crippen molar-refractivity contribution in [3.63, 3.8) is 0 Å². The van der Waals surface area contributed by atoms with E-state index in [0.717, 1.165) is 26.1 Å². The first kappa shape index (κ1) is 15.4. The van der Waals surface area contributed by atoms with Crippen LogP contribution in [0.5, 0.6) is 0 Å². The van der Waals surface area contributed by atoms with E-state index in [1.807, 2.05) is 4.90 Å². The molecule has 0 aromatic carbocycles. The third-order valence-electron chi connectivity index (χ3n) is 3.48. The second-order valence-corrected chi connectivity index (χ2v) is 4.88. The van der Waals surface area contributed by atoms with Gasteiger partial charge in [0.05, 0.1) is 23.7 Å². The maximum absolute atomic E-state index is 11.0. The van der Waals surface area contributed by atoms with Crippen molar-refractivity contribution >= 4 is 17.3 Å². The molecule has 1 aliphatic heterocycles. The Balaban J connectivity index is 2.16. The van der Waals surface area contributed by atoms with Crippen LogP contribution in [0, 0.1) is 10.1 Å². The molecule has 0 radical (unpaired) electrons. The Morgan fingerprint density at radius 1 is 1.38 bits per heavy atom. The molecule has 0 atom stereocenters. The lowest BCUT2D eigenvalue weighted by atomic mass is 10.3. The molecule has 1 aromatic heterocycles. The van der Waals surface area contributed by atoms with E-state index >= 15 is 0 Å². The van der Waals surface area contributed by atoms with Crippen LogP contribution in [-0.2, 0) is 0 Å². The van der Waals surface area contributed by atoms with Gasteiger partial charge in [-0.15, -0.1) is 0 Å². The molecule has 4 N–H and O–H groups in total. The van der Waals surface area contributed by atoms with Gasteiger partial charge < -0.3 is 15.4 Å². The van der Waals surface area contributed by atoms with Crippen LogP contribution in [0.1, 0.15) is 6.42 Å². The summed E-state index contributed by atoms with van der Waals surface area (Å²) in [6.07, 6.45) is 0.912. The molecule has 0 spiro atoms. The number of nitrogens with one attached hydrogen (secondary N) is 1. The molecule has 0 unspecified atom stereocenters. The monoisotopic (exact) mass is 296 g/mol. The molecular weight excluding hydrogens is 276 g/mol. The van der Waals surface area contributed by atoms with Gasteiger partial charge in [-0.3, -0.25) is 15.0 Å². The summed E-state index contributed by atoms with van der Waals surface area (Å²) in [6.45, 7) is 3.94. The van der Waals surface area contributed by atoms with Gasteiger partial charge in [-0.1, -0.05) is 0 Å². The van der Waals surface area contributed by atoms with Crippen molar-refractivity contribution in [2.24, 2.45) is 5.84 Å². The molecule has 21 heavy (non-hydrogen) atoms. The molecule has 9 nitrogen and oxygen atoms in total. The number of aromatic nitrogens is 1. The third-order valence-corrected chi connectivity index (χ3v) is 3.48. The molecule has 2 heterocycles. The molecule has 0 saturated carbocycles. The number of hydrogen-bond acceptors (Lipinski definition) is 8. The number of anilines is 2. The summed E-state index contributed by atoms with van der Waals surface area (Å²) in [7, 11) is 0. The first-order valence-corrected chi connectivity index (χ1v) is 6.85. The number of rotatable bonds is 5. The zero-order valence-electron chi connectivity index (χ0n) is 11.7. The van der Waals surface area contributed by atoms with Gasteiger partial charge in [-0.05, 0) is 13.0 Å². The number of hydrogen-bond donors (Lipinski definition) is 3. The van der Waals surface area contributed by atoms with Crippen molar-refractivity contribution in [1.82, 2.24) is 9.88 Å². The van der Waals surface area contributed by atoms with Crippen molar-refractivity contribution in [3.8, 4) is 0 Å². The van der Waals surface area contributed by atoms with Crippen LogP contribution in [0.25, 0.3) is 0 Å². The zero-order chi connectivity index (χ0) is 15.2. The van der Waals surface area contributed by atoms with Gasteiger partial charge in [0.25, 0.3) is 5.69 Å². The summed E-state index contributed by atoms with van der Waals surface area (Å²) < 4.78 is 0. The molecule has 9 heteroatoms. The molecule has 1 aromatic rings. The zero-order valence-corrected chi connectivity index (χ0v) is 11.7. The Morgan fingerprint density at radius 2 is 2.19 bits per heavy atom. The van der Waals surface area contributed by atoms with E-state index in [1.54, 1.807) is 0 Å². The van der Waals surface area contributed by atoms with Gasteiger partial charge >= 0.3 is 0 Å². The highest BCUT2D eigenvalue weighted by Crippen LogP contribution is 2.23. The average Bonchev–Trinajstić information content (AvgIpc) is 2.73. The fourth-order valence-corrected chi connectivity index (χ4v) is 2.41. The van der Waals surface area contributed by atoms with Gasteiger partial charge in [-0.2, -0.15) is 0 Å². The van der Waals surface area contributed by atoms with Crippen molar-refractivity contribution in [2.75, 3.05) is 49.7 Å². The lowest BCUT2D eigenvalue weighted by Gasteiger charge is -2.22.